The number of fused-ring (bicyclic) bond motifs is 2. The van der Waals surface area contributed by atoms with Gasteiger partial charge in [-0.15, -0.1) is 0 Å². The van der Waals surface area contributed by atoms with Gasteiger partial charge in [0.15, 0.2) is 5.82 Å². The van der Waals surface area contributed by atoms with Gasteiger partial charge in [0.2, 0.25) is 17.8 Å². The highest BCUT2D eigenvalue weighted by atomic mass is 16.5. The minimum absolute atomic E-state index is 0.00245. The summed E-state index contributed by atoms with van der Waals surface area (Å²) >= 11 is 0. The molecule has 0 radical (unpaired) electrons. The molecule has 1 aliphatic heterocycles. The van der Waals surface area contributed by atoms with Crippen molar-refractivity contribution in [1.82, 2.24) is 9.97 Å². The summed E-state index contributed by atoms with van der Waals surface area (Å²) in [5, 5.41) is 3.23. The van der Waals surface area contributed by atoms with E-state index in [1.54, 1.807) is 29.3 Å². The van der Waals surface area contributed by atoms with Gasteiger partial charge in [-0.2, -0.15) is 4.98 Å². The molecule has 3 aliphatic rings. The van der Waals surface area contributed by atoms with Crippen LogP contribution in [0.5, 0.6) is 5.75 Å². The zero-order valence-electron chi connectivity index (χ0n) is 19.1. The summed E-state index contributed by atoms with van der Waals surface area (Å²) in [7, 11) is 3.36. The number of ether oxygens (including phenoxy) is 1. The summed E-state index contributed by atoms with van der Waals surface area (Å²) < 4.78 is 5.44. The van der Waals surface area contributed by atoms with E-state index in [4.69, 9.17) is 15.5 Å². The second kappa shape index (κ2) is 8.53. The third-order valence-corrected chi connectivity index (χ3v) is 7.29. The lowest BCUT2D eigenvalue weighted by Gasteiger charge is -2.36. The van der Waals surface area contributed by atoms with Crippen LogP contribution in [0.1, 0.15) is 55.3 Å². The Bertz CT molecular complexity index is 1080. The first-order chi connectivity index (χ1) is 16.0. The number of benzene rings is 1. The summed E-state index contributed by atoms with van der Waals surface area (Å²) in [4.78, 5) is 38.4. The number of carbonyl (C=O) groups excluding carboxylic acids is 2. The maximum atomic E-state index is 13.3. The monoisotopic (exact) mass is 450 g/mol. The van der Waals surface area contributed by atoms with E-state index in [0.717, 1.165) is 43.6 Å². The van der Waals surface area contributed by atoms with E-state index >= 15 is 0 Å². The van der Waals surface area contributed by atoms with E-state index in [-0.39, 0.29) is 17.9 Å². The number of nitrogens with two attached hydrogens (primary N) is 1. The number of carbonyl (C=O) groups is 2. The quantitative estimate of drug-likeness (QED) is 0.719. The van der Waals surface area contributed by atoms with Crippen molar-refractivity contribution >= 4 is 35.0 Å². The van der Waals surface area contributed by atoms with Crippen LogP contribution in [0.25, 0.3) is 0 Å². The number of hydrogen-bond acceptors (Lipinski definition) is 7. The fourth-order valence-corrected chi connectivity index (χ4v) is 5.63. The molecule has 0 saturated heterocycles. The molecule has 2 aromatic rings. The summed E-state index contributed by atoms with van der Waals surface area (Å²) in [6.45, 7) is 0. The predicted molar refractivity (Wildman–Crippen MR) is 126 cm³/mol. The molecule has 0 spiro atoms. The first kappa shape index (κ1) is 21.5. The van der Waals surface area contributed by atoms with Crippen LogP contribution in [0.4, 0.5) is 23.1 Å². The maximum Gasteiger partial charge on any atom is 0.248 e. The molecule has 2 saturated carbocycles. The minimum atomic E-state index is -0.521. The first-order valence-electron chi connectivity index (χ1n) is 11.7. The molecule has 5 rings (SSSR count). The van der Waals surface area contributed by atoms with Crippen molar-refractivity contribution < 1.29 is 14.3 Å². The standard InChI is InChI=1S/C24H30N6O3/c1-29-19-13-26-24(27-17-11-10-14(21(25)31)12-20(17)33-2)28-22(19)30(15-6-3-4-7-15)18-9-5-8-16(18)23(29)32/h10-13,15-16,18H,3-9H2,1-2H3,(H2,25,31)(H,26,27,28). The van der Waals surface area contributed by atoms with Crippen LogP contribution in [-0.4, -0.2) is 48.0 Å². The van der Waals surface area contributed by atoms with Gasteiger partial charge in [-0.1, -0.05) is 19.3 Å². The number of methoxy groups -OCH3 is 1. The van der Waals surface area contributed by atoms with Crippen molar-refractivity contribution in [3.05, 3.63) is 30.0 Å². The molecule has 2 heterocycles. The molecule has 174 valence electrons. The Morgan fingerprint density at radius 1 is 1.18 bits per heavy atom. The Balaban J connectivity index is 1.55. The van der Waals surface area contributed by atoms with Crippen molar-refractivity contribution in [2.45, 2.75) is 57.0 Å². The van der Waals surface area contributed by atoms with E-state index in [1.165, 1.54) is 20.0 Å². The van der Waals surface area contributed by atoms with Gasteiger partial charge in [-0.25, -0.2) is 4.98 Å². The fourth-order valence-electron chi connectivity index (χ4n) is 5.63. The Morgan fingerprint density at radius 3 is 2.70 bits per heavy atom. The zero-order chi connectivity index (χ0) is 23.1. The summed E-state index contributed by atoms with van der Waals surface area (Å²) in [6.07, 6.45) is 9.38. The van der Waals surface area contributed by atoms with Crippen molar-refractivity contribution in [3.63, 3.8) is 0 Å². The number of aromatic nitrogens is 2. The number of anilines is 4. The number of hydrogen-bond donors (Lipinski definition) is 2. The minimum Gasteiger partial charge on any atom is -0.495 e. The highest BCUT2D eigenvalue weighted by molar-refractivity contribution is 5.99. The van der Waals surface area contributed by atoms with Gasteiger partial charge in [0.1, 0.15) is 11.4 Å². The molecule has 2 amide bonds. The third-order valence-electron chi connectivity index (χ3n) is 7.29. The lowest BCUT2D eigenvalue weighted by atomic mass is 9.99. The summed E-state index contributed by atoms with van der Waals surface area (Å²) in [6, 6.07) is 5.52. The van der Waals surface area contributed by atoms with Gasteiger partial charge < -0.3 is 25.6 Å². The molecule has 0 bridgehead atoms. The number of nitrogens with zero attached hydrogens (tertiary/aromatic N) is 4. The average Bonchev–Trinajstić information content (AvgIpc) is 3.50. The largest absolute Gasteiger partial charge is 0.495 e. The highest BCUT2D eigenvalue weighted by Crippen LogP contribution is 2.45. The van der Waals surface area contributed by atoms with Crippen LogP contribution in [-0.2, 0) is 4.79 Å². The van der Waals surface area contributed by atoms with Crippen molar-refractivity contribution in [2.75, 3.05) is 29.3 Å². The van der Waals surface area contributed by atoms with Crippen LogP contribution in [0.3, 0.4) is 0 Å². The number of primary amides is 1. The molecular weight excluding hydrogens is 420 g/mol. The smallest absolute Gasteiger partial charge is 0.248 e. The molecule has 9 nitrogen and oxygen atoms in total. The van der Waals surface area contributed by atoms with Gasteiger partial charge in [-0.05, 0) is 43.9 Å². The van der Waals surface area contributed by atoms with E-state index in [1.807, 2.05) is 7.05 Å². The molecule has 2 aliphatic carbocycles. The van der Waals surface area contributed by atoms with E-state index in [2.05, 4.69) is 15.2 Å². The Morgan fingerprint density at radius 2 is 1.97 bits per heavy atom. The first-order valence-corrected chi connectivity index (χ1v) is 11.7. The number of rotatable bonds is 5. The lowest BCUT2D eigenvalue weighted by molar-refractivity contribution is -0.122. The van der Waals surface area contributed by atoms with Gasteiger partial charge >= 0.3 is 0 Å². The summed E-state index contributed by atoms with van der Waals surface area (Å²) in [5.41, 5.74) is 7.14. The molecule has 2 atom stereocenters. The Labute approximate surface area is 193 Å². The van der Waals surface area contributed by atoms with Gasteiger partial charge in [-0.3, -0.25) is 9.59 Å². The average molecular weight is 451 g/mol. The number of amides is 2. The van der Waals surface area contributed by atoms with Gasteiger partial charge in [0.25, 0.3) is 0 Å². The normalized spacial score (nSPS) is 22.7. The SMILES string of the molecule is COc1cc(C(N)=O)ccc1Nc1ncc2c(n1)N(C1CCCC1)C1CCCC1C(=O)N2C. The Hall–Kier alpha value is -3.36. The second-order valence-corrected chi connectivity index (χ2v) is 9.15. The van der Waals surface area contributed by atoms with E-state index in [0.29, 0.717) is 29.0 Å². The summed E-state index contributed by atoms with van der Waals surface area (Å²) in [5.74, 6) is 1.35. The molecular formula is C24H30N6O3. The van der Waals surface area contributed by atoms with Crippen LogP contribution in [0.2, 0.25) is 0 Å². The third kappa shape index (κ3) is 3.75. The molecule has 2 unspecified atom stereocenters. The maximum absolute atomic E-state index is 13.3. The highest BCUT2D eigenvalue weighted by Gasteiger charge is 2.45. The van der Waals surface area contributed by atoms with Gasteiger partial charge in [0.05, 0.1) is 24.9 Å². The molecule has 2 fully saturated rings. The van der Waals surface area contributed by atoms with Crippen molar-refractivity contribution in [3.8, 4) is 5.75 Å². The van der Waals surface area contributed by atoms with E-state index < -0.39 is 5.91 Å². The lowest BCUT2D eigenvalue weighted by Crippen LogP contribution is -2.46. The fraction of sp³-hybridized carbons (Fsp3) is 0.500. The van der Waals surface area contributed by atoms with Crippen LogP contribution in [0.15, 0.2) is 24.4 Å². The van der Waals surface area contributed by atoms with Crippen molar-refractivity contribution in [2.24, 2.45) is 11.7 Å². The zero-order valence-corrected chi connectivity index (χ0v) is 19.1. The Kier molecular flexibility index (Phi) is 5.55. The molecule has 1 aromatic carbocycles. The van der Waals surface area contributed by atoms with E-state index in [9.17, 15) is 9.59 Å². The number of nitrogens with one attached hydrogen (secondary N) is 1. The van der Waals surface area contributed by atoms with Crippen LogP contribution >= 0.6 is 0 Å². The van der Waals surface area contributed by atoms with Crippen molar-refractivity contribution in [1.29, 1.82) is 0 Å². The van der Waals surface area contributed by atoms with Gasteiger partial charge in [0, 0.05) is 24.7 Å². The second-order valence-electron chi connectivity index (χ2n) is 9.15. The molecule has 9 heteroatoms. The predicted octanol–water partition coefficient (Wildman–Crippen LogP) is 3.22. The molecule has 1 aromatic heterocycles. The van der Waals surface area contributed by atoms with Crippen LogP contribution < -0.4 is 25.6 Å². The molecule has 33 heavy (non-hydrogen) atoms. The molecule has 3 N–H and O–H groups in total. The van der Waals surface area contributed by atoms with Crippen LogP contribution in [0, 0.1) is 5.92 Å². The topological polar surface area (TPSA) is 114 Å².